The zero-order valence-corrected chi connectivity index (χ0v) is 14.4. The minimum absolute atomic E-state index is 0.122. The first-order valence-corrected chi connectivity index (χ1v) is 8.19. The van der Waals surface area contributed by atoms with Crippen molar-refractivity contribution in [1.29, 1.82) is 0 Å². The molecular weight excluding hydrogens is 310 g/mol. The van der Waals surface area contributed by atoms with E-state index in [9.17, 15) is 4.79 Å². The number of anilines is 1. The number of hydrogen-bond acceptors (Lipinski definition) is 3. The number of aromatic nitrogens is 1. The van der Waals surface area contributed by atoms with Crippen LogP contribution in [0.4, 0.5) is 5.69 Å². The number of carbonyl (C=O) groups excluding carboxylic acids is 1. The molecule has 0 aliphatic heterocycles. The largest absolute Gasteiger partial charge is 0.378 e. The van der Waals surface area contributed by atoms with Crippen LogP contribution in [0.25, 0.3) is 0 Å². The number of carbonyl (C=O) groups is 1. The normalized spacial score (nSPS) is 11.6. The molecule has 0 spiro atoms. The van der Waals surface area contributed by atoms with Crippen molar-refractivity contribution in [1.82, 2.24) is 10.3 Å². The molecule has 1 heterocycles. The number of pyridine rings is 1. The topological polar surface area (TPSA) is 45.2 Å². The highest BCUT2D eigenvalue weighted by Gasteiger charge is 2.19. The lowest BCUT2D eigenvalue weighted by Gasteiger charge is -2.19. The van der Waals surface area contributed by atoms with Crippen LogP contribution in [0.1, 0.15) is 27.7 Å². The van der Waals surface area contributed by atoms with Crippen molar-refractivity contribution in [2.24, 2.45) is 0 Å². The molecule has 0 aliphatic rings. The van der Waals surface area contributed by atoms with Gasteiger partial charge in [0, 0.05) is 31.5 Å². The average Bonchev–Trinajstić information content (AvgIpc) is 2.67. The van der Waals surface area contributed by atoms with Crippen LogP contribution in [0.3, 0.4) is 0 Å². The highest BCUT2D eigenvalue weighted by Crippen LogP contribution is 2.21. The Morgan fingerprint density at radius 2 is 1.72 bits per heavy atom. The zero-order chi connectivity index (χ0) is 17.6. The molecule has 126 valence electrons. The number of amides is 1. The molecule has 1 amide bonds. The summed E-state index contributed by atoms with van der Waals surface area (Å²) in [5.41, 5.74) is 3.42. The monoisotopic (exact) mass is 331 g/mol. The Morgan fingerprint density at radius 3 is 2.40 bits per heavy atom. The SMILES string of the molecule is CN(C)c1cccc(C(=O)N[C@H](c2ccccc2)c2ccccn2)c1. The summed E-state index contributed by atoms with van der Waals surface area (Å²) in [6.07, 6.45) is 1.74. The molecular formula is C21H21N3O. The Kier molecular flexibility index (Phi) is 5.09. The third kappa shape index (κ3) is 4.04. The van der Waals surface area contributed by atoms with Crippen molar-refractivity contribution in [3.8, 4) is 0 Å². The molecule has 1 aromatic heterocycles. The van der Waals surface area contributed by atoms with Gasteiger partial charge in [-0.1, -0.05) is 42.5 Å². The number of nitrogens with zero attached hydrogens (tertiary/aromatic N) is 2. The maximum Gasteiger partial charge on any atom is 0.252 e. The summed E-state index contributed by atoms with van der Waals surface area (Å²) < 4.78 is 0. The van der Waals surface area contributed by atoms with Crippen molar-refractivity contribution in [3.63, 3.8) is 0 Å². The zero-order valence-electron chi connectivity index (χ0n) is 14.4. The van der Waals surface area contributed by atoms with E-state index in [-0.39, 0.29) is 11.9 Å². The molecule has 0 radical (unpaired) electrons. The van der Waals surface area contributed by atoms with E-state index >= 15 is 0 Å². The summed E-state index contributed by atoms with van der Waals surface area (Å²) in [5.74, 6) is -0.122. The summed E-state index contributed by atoms with van der Waals surface area (Å²) in [6, 6.07) is 22.9. The number of rotatable bonds is 5. The fourth-order valence-corrected chi connectivity index (χ4v) is 2.66. The number of nitrogens with one attached hydrogen (secondary N) is 1. The fraction of sp³-hybridized carbons (Fsp3) is 0.143. The van der Waals surface area contributed by atoms with Gasteiger partial charge in [-0.3, -0.25) is 9.78 Å². The van der Waals surface area contributed by atoms with Gasteiger partial charge in [0.2, 0.25) is 0 Å². The lowest BCUT2D eigenvalue weighted by atomic mass is 10.0. The second-order valence-corrected chi connectivity index (χ2v) is 6.02. The smallest absolute Gasteiger partial charge is 0.252 e. The summed E-state index contributed by atoms with van der Waals surface area (Å²) in [4.78, 5) is 19.2. The Balaban J connectivity index is 1.90. The molecule has 25 heavy (non-hydrogen) atoms. The van der Waals surface area contributed by atoms with E-state index in [1.807, 2.05) is 91.8 Å². The second-order valence-electron chi connectivity index (χ2n) is 6.02. The van der Waals surface area contributed by atoms with Crippen LogP contribution in [-0.2, 0) is 0 Å². The van der Waals surface area contributed by atoms with Gasteiger partial charge in [-0.2, -0.15) is 0 Å². The van der Waals surface area contributed by atoms with Crippen molar-refractivity contribution >= 4 is 11.6 Å². The minimum atomic E-state index is -0.294. The molecule has 0 saturated carbocycles. The van der Waals surface area contributed by atoms with E-state index < -0.39 is 0 Å². The van der Waals surface area contributed by atoms with Gasteiger partial charge in [0.1, 0.15) is 0 Å². The Morgan fingerprint density at radius 1 is 0.960 bits per heavy atom. The van der Waals surface area contributed by atoms with Crippen molar-refractivity contribution in [2.45, 2.75) is 6.04 Å². The first-order valence-electron chi connectivity index (χ1n) is 8.19. The Bertz CT molecular complexity index is 793. The van der Waals surface area contributed by atoms with E-state index in [0.29, 0.717) is 5.56 Å². The third-order valence-electron chi connectivity index (χ3n) is 4.02. The molecule has 0 fully saturated rings. The highest BCUT2D eigenvalue weighted by molar-refractivity contribution is 5.95. The summed E-state index contributed by atoms with van der Waals surface area (Å²) in [5, 5.41) is 3.11. The van der Waals surface area contributed by atoms with Gasteiger partial charge in [0.15, 0.2) is 0 Å². The maximum atomic E-state index is 12.8. The molecule has 0 bridgehead atoms. The number of hydrogen-bond donors (Lipinski definition) is 1. The second kappa shape index (κ2) is 7.62. The van der Waals surface area contributed by atoms with E-state index in [4.69, 9.17) is 0 Å². The van der Waals surface area contributed by atoms with Gasteiger partial charge in [-0.15, -0.1) is 0 Å². The summed E-state index contributed by atoms with van der Waals surface area (Å²) >= 11 is 0. The molecule has 0 unspecified atom stereocenters. The van der Waals surface area contributed by atoms with Crippen molar-refractivity contribution < 1.29 is 4.79 Å². The van der Waals surface area contributed by atoms with Crippen LogP contribution in [0.15, 0.2) is 79.0 Å². The minimum Gasteiger partial charge on any atom is -0.378 e. The van der Waals surface area contributed by atoms with Crippen LogP contribution >= 0.6 is 0 Å². The summed E-state index contributed by atoms with van der Waals surface area (Å²) in [7, 11) is 3.91. The lowest BCUT2D eigenvalue weighted by molar-refractivity contribution is 0.0942. The predicted molar refractivity (Wildman–Crippen MR) is 101 cm³/mol. The highest BCUT2D eigenvalue weighted by atomic mass is 16.1. The van der Waals surface area contributed by atoms with Crippen molar-refractivity contribution in [3.05, 3.63) is 95.8 Å². The first-order chi connectivity index (χ1) is 12.1. The van der Waals surface area contributed by atoms with Crippen LogP contribution in [0.5, 0.6) is 0 Å². The van der Waals surface area contributed by atoms with Gasteiger partial charge in [-0.05, 0) is 35.9 Å². The van der Waals surface area contributed by atoms with E-state index in [1.54, 1.807) is 6.20 Å². The van der Waals surface area contributed by atoms with E-state index in [1.165, 1.54) is 0 Å². The standard InChI is InChI=1S/C21H21N3O/c1-24(2)18-12-8-11-17(15-18)21(25)23-20(16-9-4-3-5-10-16)19-13-6-7-14-22-19/h3-15,20H,1-2H3,(H,23,25)/t20-/m1/s1. The van der Waals surface area contributed by atoms with Crippen LogP contribution in [-0.4, -0.2) is 25.0 Å². The molecule has 4 heteroatoms. The maximum absolute atomic E-state index is 12.8. The van der Waals surface area contributed by atoms with Gasteiger partial charge in [-0.25, -0.2) is 0 Å². The molecule has 4 nitrogen and oxygen atoms in total. The molecule has 3 rings (SSSR count). The Hall–Kier alpha value is -3.14. The van der Waals surface area contributed by atoms with Gasteiger partial charge in [0.25, 0.3) is 5.91 Å². The predicted octanol–water partition coefficient (Wildman–Crippen LogP) is 3.67. The first kappa shape index (κ1) is 16.7. The van der Waals surface area contributed by atoms with Gasteiger partial charge < -0.3 is 10.2 Å². The third-order valence-corrected chi connectivity index (χ3v) is 4.02. The molecule has 2 aromatic carbocycles. The van der Waals surface area contributed by atoms with E-state index in [0.717, 1.165) is 16.9 Å². The average molecular weight is 331 g/mol. The molecule has 3 aromatic rings. The quantitative estimate of drug-likeness (QED) is 0.776. The van der Waals surface area contributed by atoms with E-state index in [2.05, 4.69) is 10.3 Å². The van der Waals surface area contributed by atoms with Gasteiger partial charge >= 0.3 is 0 Å². The van der Waals surface area contributed by atoms with Crippen molar-refractivity contribution in [2.75, 3.05) is 19.0 Å². The molecule has 1 atom stereocenters. The fourth-order valence-electron chi connectivity index (χ4n) is 2.66. The number of benzene rings is 2. The van der Waals surface area contributed by atoms with Crippen LogP contribution in [0.2, 0.25) is 0 Å². The van der Waals surface area contributed by atoms with Crippen LogP contribution in [0, 0.1) is 0 Å². The molecule has 1 N–H and O–H groups in total. The lowest BCUT2D eigenvalue weighted by Crippen LogP contribution is -2.30. The van der Waals surface area contributed by atoms with Gasteiger partial charge in [0.05, 0.1) is 11.7 Å². The van der Waals surface area contributed by atoms with Crippen LogP contribution < -0.4 is 10.2 Å². The Labute approximate surface area is 148 Å². The summed E-state index contributed by atoms with van der Waals surface area (Å²) in [6.45, 7) is 0. The molecule has 0 saturated heterocycles. The molecule has 0 aliphatic carbocycles.